The van der Waals surface area contributed by atoms with Gasteiger partial charge in [0.1, 0.15) is 0 Å². The van der Waals surface area contributed by atoms with Crippen LogP contribution in [0.15, 0.2) is 42.7 Å². The van der Waals surface area contributed by atoms with E-state index < -0.39 is 0 Å². The van der Waals surface area contributed by atoms with Crippen molar-refractivity contribution in [1.29, 1.82) is 0 Å². The van der Waals surface area contributed by atoms with Gasteiger partial charge in [0.15, 0.2) is 5.95 Å². The van der Waals surface area contributed by atoms with E-state index in [1.54, 1.807) is 6.20 Å². The monoisotopic (exact) mass is 244 g/mol. The van der Waals surface area contributed by atoms with Crippen LogP contribution in [0.1, 0.15) is 12.0 Å². The molecule has 2 N–H and O–H groups in total. The predicted octanol–water partition coefficient (Wildman–Crippen LogP) is 2.34. The van der Waals surface area contributed by atoms with Crippen molar-refractivity contribution in [3.05, 3.63) is 48.3 Å². The van der Waals surface area contributed by atoms with E-state index in [0.717, 1.165) is 32.0 Å². The molecule has 96 valence electrons. The van der Waals surface area contributed by atoms with Gasteiger partial charge in [-0.1, -0.05) is 30.3 Å². The number of rotatable bonds is 7. The second-order valence-electron chi connectivity index (χ2n) is 4.44. The minimum absolute atomic E-state index is 0.848. The molecular formula is C14H20N4. The second kappa shape index (κ2) is 6.81. The van der Waals surface area contributed by atoms with E-state index in [1.807, 2.05) is 6.20 Å². The van der Waals surface area contributed by atoms with Gasteiger partial charge in [0.25, 0.3) is 0 Å². The SMILES string of the molecule is CN(CCCNc1ncc[nH]1)Cc1ccccc1. The first-order valence-electron chi connectivity index (χ1n) is 6.30. The van der Waals surface area contributed by atoms with Crippen LogP contribution in [0.3, 0.4) is 0 Å². The average Bonchev–Trinajstić information content (AvgIpc) is 2.89. The summed E-state index contributed by atoms with van der Waals surface area (Å²) in [7, 11) is 2.15. The maximum atomic E-state index is 4.12. The number of hydrogen-bond donors (Lipinski definition) is 2. The molecule has 18 heavy (non-hydrogen) atoms. The summed E-state index contributed by atoms with van der Waals surface area (Å²) in [5.74, 6) is 0.848. The summed E-state index contributed by atoms with van der Waals surface area (Å²) in [6.45, 7) is 3.01. The lowest BCUT2D eigenvalue weighted by Crippen LogP contribution is -2.21. The quantitative estimate of drug-likeness (QED) is 0.735. The molecule has 0 aliphatic heterocycles. The number of aromatic nitrogens is 2. The highest BCUT2D eigenvalue weighted by Gasteiger charge is 1.99. The number of benzene rings is 1. The molecule has 0 aliphatic rings. The molecule has 2 rings (SSSR count). The number of nitrogens with zero attached hydrogens (tertiary/aromatic N) is 2. The number of aromatic amines is 1. The summed E-state index contributed by atoms with van der Waals surface area (Å²) < 4.78 is 0. The van der Waals surface area contributed by atoms with E-state index in [4.69, 9.17) is 0 Å². The van der Waals surface area contributed by atoms with Crippen LogP contribution < -0.4 is 5.32 Å². The van der Waals surface area contributed by atoms with Crippen molar-refractivity contribution >= 4 is 5.95 Å². The lowest BCUT2D eigenvalue weighted by molar-refractivity contribution is 0.325. The van der Waals surface area contributed by atoms with E-state index in [0.29, 0.717) is 0 Å². The van der Waals surface area contributed by atoms with Crippen LogP contribution in [0.25, 0.3) is 0 Å². The topological polar surface area (TPSA) is 44.0 Å². The highest BCUT2D eigenvalue weighted by molar-refractivity contribution is 5.22. The van der Waals surface area contributed by atoms with Crippen molar-refractivity contribution in [2.45, 2.75) is 13.0 Å². The molecule has 2 aromatic rings. The first-order chi connectivity index (χ1) is 8.84. The third kappa shape index (κ3) is 4.22. The van der Waals surface area contributed by atoms with Crippen LogP contribution >= 0.6 is 0 Å². The number of H-pyrrole nitrogens is 1. The molecule has 1 aromatic carbocycles. The summed E-state index contributed by atoms with van der Waals surface area (Å²) in [6.07, 6.45) is 4.68. The van der Waals surface area contributed by atoms with Crippen LogP contribution in [-0.2, 0) is 6.54 Å². The van der Waals surface area contributed by atoms with Crippen molar-refractivity contribution in [3.63, 3.8) is 0 Å². The van der Waals surface area contributed by atoms with E-state index >= 15 is 0 Å². The van der Waals surface area contributed by atoms with Gasteiger partial charge < -0.3 is 15.2 Å². The summed E-state index contributed by atoms with van der Waals surface area (Å²) in [6, 6.07) is 10.6. The van der Waals surface area contributed by atoms with Crippen LogP contribution in [-0.4, -0.2) is 35.0 Å². The minimum Gasteiger partial charge on any atom is -0.356 e. The first-order valence-corrected chi connectivity index (χ1v) is 6.30. The van der Waals surface area contributed by atoms with Crippen LogP contribution in [0, 0.1) is 0 Å². The minimum atomic E-state index is 0.848. The van der Waals surface area contributed by atoms with Gasteiger partial charge in [0, 0.05) is 25.5 Å². The van der Waals surface area contributed by atoms with Crippen molar-refractivity contribution < 1.29 is 0 Å². The molecule has 0 aliphatic carbocycles. The number of anilines is 1. The summed E-state index contributed by atoms with van der Waals surface area (Å²) in [5, 5.41) is 3.25. The molecular weight excluding hydrogens is 224 g/mol. The lowest BCUT2D eigenvalue weighted by Gasteiger charge is -2.16. The highest BCUT2D eigenvalue weighted by atomic mass is 15.1. The molecule has 0 saturated carbocycles. The van der Waals surface area contributed by atoms with E-state index in [2.05, 4.69) is 57.6 Å². The Morgan fingerprint density at radius 2 is 2.11 bits per heavy atom. The second-order valence-corrected chi connectivity index (χ2v) is 4.44. The fraction of sp³-hybridized carbons (Fsp3) is 0.357. The van der Waals surface area contributed by atoms with E-state index in [9.17, 15) is 0 Å². The Hall–Kier alpha value is -1.81. The fourth-order valence-corrected chi connectivity index (χ4v) is 1.89. The number of imidazole rings is 1. The van der Waals surface area contributed by atoms with Crippen molar-refractivity contribution in [2.24, 2.45) is 0 Å². The Morgan fingerprint density at radius 3 is 2.83 bits per heavy atom. The Kier molecular flexibility index (Phi) is 4.78. The van der Waals surface area contributed by atoms with Gasteiger partial charge >= 0.3 is 0 Å². The van der Waals surface area contributed by atoms with Crippen molar-refractivity contribution in [1.82, 2.24) is 14.9 Å². The predicted molar refractivity (Wildman–Crippen MR) is 74.5 cm³/mol. The molecule has 4 nitrogen and oxygen atoms in total. The zero-order valence-electron chi connectivity index (χ0n) is 10.8. The Balaban J connectivity index is 1.62. The molecule has 1 aromatic heterocycles. The van der Waals surface area contributed by atoms with Crippen LogP contribution in [0.4, 0.5) is 5.95 Å². The van der Waals surface area contributed by atoms with Crippen molar-refractivity contribution in [2.75, 3.05) is 25.5 Å². The van der Waals surface area contributed by atoms with Gasteiger partial charge in [-0.25, -0.2) is 4.98 Å². The molecule has 0 fully saturated rings. The average molecular weight is 244 g/mol. The molecule has 0 saturated heterocycles. The van der Waals surface area contributed by atoms with Gasteiger partial charge in [-0.2, -0.15) is 0 Å². The smallest absolute Gasteiger partial charge is 0.200 e. The van der Waals surface area contributed by atoms with Crippen molar-refractivity contribution in [3.8, 4) is 0 Å². The third-order valence-electron chi connectivity index (χ3n) is 2.80. The van der Waals surface area contributed by atoms with Crippen LogP contribution in [0.2, 0.25) is 0 Å². The van der Waals surface area contributed by atoms with Gasteiger partial charge in [-0.3, -0.25) is 0 Å². The van der Waals surface area contributed by atoms with Crippen LogP contribution in [0.5, 0.6) is 0 Å². The molecule has 1 heterocycles. The van der Waals surface area contributed by atoms with Gasteiger partial charge in [-0.05, 0) is 25.6 Å². The van der Waals surface area contributed by atoms with Gasteiger partial charge in [0.05, 0.1) is 0 Å². The Morgan fingerprint density at radius 1 is 1.28 bits per heavy atom. The molecule has 0 atom stereocenters. The Labute approximate surface area is 108 Å². The standard InChI is InChI=1S/C14H20N4/c1-18(12-13-6-3-2-4-7-13)11-5-8-15-14-16-9-10-17-14/h2-4,6-7,9-10H,5,8,11-12H2,1H3,(H2,15,16,17). The maximum Gasteiger partial charge on any atom is 0.200 e. The lowest BCUT2D eigenvalue weighted by atomic mass is 10.2. The molecule has 0 bridgehead atoms. The molecule has 0 amide bonds. The zero-order chi connectivity index (χ0) is 12.6. The van der Waals surface area contributed by atoms with E-state index in [-0.39, 0.29) is 0 Å². The summed E-state index contributed by atoms with van der Waals surface area (Å²) in [5.41, 5.74) is 1.36. The summed E-state index contributed by atoms with van der Waals surface area (Å²) in [4.78, 5) is 9.48. The number of nitrogens with one attached hydrogen (secondary N) is 2. The zero-order valence-corrected chi connectivity index (χ0v) is 10.8. The first kappa shape index (κ1) is 12.6. The maximum absolute atomic E-state index is 4.12. The van der Waals surface area contributed by atoms with Gasteiger partial charge in [-0.15, -0.1) is 0 Å². The molecule has 4 heteroatoms. The molecule has 0 radical (unpaired) electrons. The largest absolute Gasteiger partial charge is 0.356 e. The molecule has 0 unspecified atom stereocenters. The summed E-state index contributed by atoms with van der Waals surface area (Å²) >= 11 is 0. The Bertz CT molecular complexity index is 424. The third-order valence-corrected chi connectivity index (χ3v) is 2.80. The molecule has 0 spiro atoms. The highest BCUT2D eigenvalue weighted by Crippen LogP contribution is 2.03. The van der Waals surface area contributed by atoms with E-state index in [1.165, 1.54) is 5.56 Å². The number of hydrogen-bond acceptors (Lipinski definition) is 3. The van der Waals surface area contributed by atoms with Gasteiger partial charge in [0.2, 0.25) is 0 Å². The fourth-order valence-electron chi connectivity index (χ4n) is 1.89. The normalized spacial score (nSPS) is 10.8.